The first kappa shape index (κ1) is 18.7. The van der Waals surface area contributed by atoms with Crippen LogP contribution < -0.4 is 0 Å². The van der Waals surface area contributed by atoms with Crippen LogP contribution in [0.1, 0.15) is 58.8 Å². The second-order valence-corrected chi connectivity index (χ2v) is 9.09. The summed E-state index contributed by atoms with van der Waals surface area (Å²) in [4.78, 5) is 8.03. The van der Waals surface area contributed by atoms with E-state index in [4.69, 9.17) is 0 Å². The fourth-order valence-corrected chi connectivity index (χ4v) is 5.36. The molecular formula is C21H41N3. The van der Waals surface area contributed by atoms with Gasteiger partial charge in [0.1, 0.15) is 0 Å². The molecule has 0 aliphatic carbocycles. The predicted molar refractivity (Wildman–Crippen MR) is 103 cm³/mol. The fourth-order valence-electron chi connectivity index (χ4n) is 5.36. The smallest absolute Gasteiger partial charge is 0.0105 e. The molecule has 3 fully saturated rings. The van der Waals surface area contributed by atoms with E-state index in [1.165, 1.54) is 90.8 Å². The van der Waals surface area contributed by atoms with Crippen LogP contribution in [0.5, 0.6) is 0 Å². The Hall–Kier alpha value is -0.120. The van der Waals surface area contributed by atoms with Crippen LogP contribution in [0.3, 0.4) is 0 Å². The Morgan fingerprint density at radius 3 is 1.88 bits per heavy atom. The molecule has 0 aromatic rings. The van der Waals surface area contributed by atoms with Gasteiger partial charge in [-0.2, -0.15) is 0 Å². The van der Waals surface area contributed by atoms with Gasteiger partial charge in [-0.15, -0.1) is 0 Å². The third-order valence-electron chi connectivity index (χ3n) is 7.40. The minimum absolute atomic E-state index is 0.755. The number of nitrogens with zero attached hydrogens (tertiary/aromatic N) is 3. The molecule has 0 spiro atoms. The molecule has 0 saturated carbocycles. The van der Waals surface area contributed by atoms with E-state index in [9.17, 15) is 0 Å². The summed E-state index contributed by atoms with van der Waals surface area (Å²) in [5, 5.41) is 0. The van der Waals surface area contributed by atoms with Crippen molar-refractivity contribution in [1.29, 1.82) is 0 Å². The van der Waals surface area contributed by atoms with Crippen LogP contribution in [-0.4, -0.2) is 73.6 Å². The highest BCUT2D eigenvalue weighted by Gasteiger charge is 2.31. The second kappa shape index (κ2) is 9.00. The zero-order chi connectivity index (χ0) is 16.9. The highest BCUT2D eigenvalue weighted by atomic mass is 15.2. The molecule has 3 heterocycles. The predicted octanol–water partition coefficient (Wildman–Crippen LogP) is 3.55. The van der Waals surface area contributed by atoms with E-state index in [1.807, 2.05) is 0 Å². The van der Waals surface area contributed by atoms with Crippen LogP contribution >= 0.6 is 0 Å². The molecule has 3 aliphatic rings. The van der Waals surface area contributed by atoms with Gasteiger partial charge in [0.2, 0.25) is 0 Å². The van der Waals surface area contributed by atoms with E-state index in [0.29, 0.717) is 0 Å². The summed E-state index contributed by atoms with van der Waals surface area (Å²) in [6, 6.07) is 0.755. The topological polar surface area (TPSA) is 9.72 Å². The quantitative estimate of drug-likeness (QED) is 0.761. The minimum Gasteiger partial charge on any atom is -0.306 e. The van der Waals surface area contributed by atoms with E-state index in [2.05, 4.69) is 35.6 Å². The van der Waals surface area contributed by atoms with E-state index in [1.54, 1.807) is 0 Å². The molecule has 3 heteroatoms. The Bertz CT molecular complexity index is 350. The number of rotatable bonds is 5. The molecule has 3 aliphatic heterocycles. The number of hydrogen-bond acceptors (Lipinski definition) is 3. The largest absolute Gasteiger partial charge is 0.306 e. The summed E-state index contributed by atoms with van der Waals surface area (Å²) in [6.07, 6.45) is 10.1. The first-order valence-corrected chi connectivity index (χ1v) is 10.8. The van der Waals surface area contributed by atoms with E-state index < -0.39 is 0 Å². The standard InChI is InChI=1S/C21H41N3/c1-18(17-23-11-5-4-6-12-23)19(2)24-15-9-21(10-16-24)20-7-13-22(3)14-8-20/h18-21H,4-17H2,1-3H3. The maximum atomic E-state index is 2.81. The van der Waals surface area contributed by atoms with Crippen molar-refractivity contribution >= 4 is 0 Å². The van der Waals surface area contributed by atoms with Gasteiger partial charge in [0.25, 0.3) is 0 Å². The summed E-state index contributed by atoms with van der Waals surface area (Å²) in [7, 11) is 2.28. The fraction of sp³-hybridized carbons (Fsp3) is 1.00. The average Bonchev–Trinajstić information content (AvgIpc) is 2.63. The van der Waals surface area contributed by atoms with Gasteiger partial charge in [0, 0.05) is 12.6 Å². The van der Waals surface area contributed by atoms with Gasteiger partial charge in [0.05, 0.1) is 0 Å². The van der Waals surface area contributed by atoms with Crippen LogP contribution in [0.25, 0.3) is 0 Å². The summed E-state index contributed by atoms with van der Waals surface area (Å²) >= 11 is 0. The Labute approximate surface area is 150 Å². The number of likely N-dealkylation sites (tertiary alicyclic amines) is 3. The Morgan fingerprint density at radius 1 is 0.750 bits per heavy atom. The van der Waals surface area contributed by atoms with Gasteiger partial charge in [-0.1, -0.05) is 13.3 Å². The van der Waals surface area contributed by atoms with Crippen molar-refractivity contribution in [3.8, 4) is 0 Å². The molecule has 2 unspecified atom stereocenters. The molecule has 0 amide bonds. The molecular weight excluding hydrogens is 294 g/mol. The molecule has 3 saturated heterocycles. The highest BCUT2D eigenvalue weighted by molar-refractivity contribution is 4.85. The second-order valence-electron chi connectivity index (χ2n) is 9.09. The van der Waals surface area contributed by atoms with Gasteiger partial charge in [-0.25, -0.2) is 0 Å². The molecule has 0 N–H and O–H groups in total. The van der Waals surface area contributed by atoms with Crippen LogP contribution in [0.2, 0.25) is 0 Å². The molecule has 0 aromatic heterocycles. The third-order valence-corrected chi connectivity index (χ3v) is 7.40. The van der Waals surface area contributed by atoms with Crippen molar-refractivity contribution in [2.75, 3.05) is 52.9 Å². The minimum atomic E-state index is 0.755. The van der Waals surface area contributed by atoms with E-state index >= 15 is 0 Å². The monoisotopic (exact) mass is 335 g/mol. The van der Waals surface area contributed by atoms with Gasteiger partial charge in [-0.05, 0) is 110 Å². The lowest BCUT2D eigenvalue weighted by molar-refractivity contribution is 0.0602. The molecule has 3 nitrogen and oxygen atoms in total. The van der Waals surface area contributed by atoms with Crippen LogP contribution in [0, 0.1) is 17.8 Å². The number of piperidine rings is 3. The molecule has 3 rings (SSSR count). The van der Waals surface area contributed by atoms with Gasteiger partial charge in [0.15, 0.2) is 0 Å². The normalized spacial score (nSPS) is 29.6. The third kappa shape index (κ3) is 4.95. The van der Waals surface area contributed by atoms with Crippen molar-refractivity contribution in [2.45, 2.75) is 64.8 Å². The maximum Gasteiger partial charge on any atom is 0.0105 e. The summed E-state index contributed by atoms with van der Waals surface area (Å²) < 4.78 is 0. The highest BCUT2D eigenvalue weighted by Crippen LogP contribution is 2.33. The number of hydrogen-bond donors (Lipinski definition) is 0. The van der Waals surface area contributed by atoms with E-state index in [-0.39, 0.29) is 0 Å². The lowest BCUT2D eigenvalue weighted by atomic mass is 9.78. The van der Waals surface area contributed by atoms with Gasteiger partial charge in [-0.3, -0.25) is 0 Å². The summed E-state index contributed by atoms with van der Waals surface area (Å²) in [5.41, 5.74) is 0. The first-order valence-electron chi connectivity index (χ1n) is 10.8. The van der Waals surface area contributed by atoms with Crippen molar-refractivity contribution in [3.63, 3.8) is 0 Å². The molecule has 140 valence electrons. The molecule has 0 bridgehead atoms. The van der Waals surface area contributed by atoms with E-state index in [0.717, 1.165) is 23.8 Å². The Morgan fingerprint density at radius 2 is 1.29 bits per heavy atom. The zero-order valence-electron chi connectivity index (χ0n) is 16.6. The first-order chi connectivity index (χ1) is 11.6. The molecule has 2 atom stereocenters. The SMILES string of the molecule is CC(CN1CCCCC1)C(C)N1CCC(C2CCN(C)CC2)CC1. The lowest BCUT2D eigenvalue weighted by Gasteiger charge is -2.43. The van der Waals surface area contributed by atoms with Crippen molar-refractivity contribution < 1.29 is 0 Å². The molecule has 0 aromatic carbocycles. The van der Waals surface area contributed by atoms with Gasteiger partial charge >= 0.3 is 0 Å². The van der Waals surface area contributed by atoms with Crippen molar-refractivity contribution in [3.05, 3.63) is 0 Å². The van der Waals surface area contributed by atoms with Crippen molar-refractivity contribution in [1.82, 2.24) is 14.7 Å². The van der Waals surface area contributed by atoms with Crippen LogP contribution in [-0.2, 0) is 0 Å². The average molecular weight is 336 g/mol. The van der Waals surface area contributed by atoms with Crippen molar-refractivity contribution in [2.24, 2.45) is 17.8 Å². The Kier molecular flexibility index (Phi) is 7.00. The molecule has 24 heavy (non-hydrogen) atoms. The van der Waals surface area contributed by atoms with Gasteiger partial charge < -0.3 is 14.7 Å². The summed E-state index contributed by atoms with van der Waals surface area (Å²) in [6.45, 7) is 14.3. The van der Waals surface area contributed by atoms with Crippen LogP contribution in [0.4, 0.5) is 0 Å². The lowest BCUT2D eigenvalue weighted by Crippen LogP contribution is -2.47. The maximum absolute atomic E-state index is 2.81. The zero-order valence-corrected chi connectivity index (χ0v) is 16.6. The van der Waals surface area contributed by atoms with Crippen LogP contribution in [0.15, 0.2) is 0 Å². The molecule has 0 radical (unpaired) electrons. The summed E-state index contributed by atoms with van der Waals surface area (Å²) in [5.74, 6) is 2.84. The Balaban J connectivity index is 1.40.